The predicted molar refractivity (Wildman–Crippen MR) is 187 cm³/mol. The van der Waals surface area contributed by atoms with Crippen LogP contribution in [0, 0.1) is 10.8 Å². The zero-order valence-electron chi connectivity index (χ0n) is 28.6. The molecule has 1 aliphatic carbocycles. The Morgan fingerprint density at radius 3 is 1.59 bits per heavy atom. The Balaban J connectivity index is 1.95. The second-order valence-electron chi connectivity index (χ2n) is 13.8. The van der Waals surface area contributed by atoms with Gasteiger partial charge in [-0.05, 0) is 68.8 Å². The first kappa shape index (κ1) is 36.6. The lowest BCUT2D eigenvalue weighted by Crippen LogP contribution is -2.34. The Morgan fingerprint density at radius 1 is 0.633 bits per heavy atom. The quantitative estimate of drug-likeness (QED) is 0.0949. The number of benzene rings is 4. The summed E-state index contributed by atoms with van der Waals surface area (Å²) in [5.74, 6) is 1.33. The molecule has 6 N–H and O–H groups in total. The van der Waals surface area contributed by atoms with Crippen LogP contribution in [0.5, 0.6) is 11.5 Å². The summed E-state index contributed by atoms with van der Waals surface area (Å²) in [4.78, 5) is 0. The van der Waals surface area contributed by atoms with Crippen molar-refractivity contribution in [3.63, 3.8) is 0 Å². The van der Waals surface area contributed by atoms with Crippen molar-refractivity contribution < 1.29 is 49.1 Å². The molecule has 0 saturated carbocycles. The third-order valence-electron chi connectivity index (χ3n) is 9.60. The Morgan fingerprint density at radius 2 is 1.12 bits per heavy atom. The molecule has 0 saturated heterocycles. The Kier molecular flexibility index (Phi) is 10.6. The lowest BCUT2D eigenvalue weighted by atomic mass is 9.67. The van der Waals surface area contributed by atoms with E-state index in [1.165, 1.54) is 0 Å². The molecule has 258 valence electrons. The highest BCUT2D eigenvalue weighted by molar-refractivity contribution is 6.33. The molecule has 2 atom stereocenters. The monoisotopic (exact) mass is 670 g/mol. The van der Waals surface area contributed by atoms with Gasteiger partial charge in [-0.25, -0.2) is 0 Å². The molecule has 4 aromatic rings. The second-order valence-corrected chi connectivity index (χ2v) is 13.8. The standard InChI is InChI=1S/C37H44B2O10/c1-35(2,21-40)33(48-38(42)43)23-10-19-28-31(20-23)37(24-11-15-26(46-5)16-12-24,25-13-17-27(47-6)18-14-25)30-9-7-8-29(32(28)30)34(49-39(44)45)36(3,4)22-41/h7-20,33-34,40-45H,21-22H2,1-6H3. The van der Waals surface area contributed by atoms with Crippen molar-refractivity contribution in [1.82, 2.24) is 0 Å². The summed E-state index contributed by atoms with van der Waals surface area (Å²) in [6, 6.07) is 27.0. The van der Waals surface area contributed by atoms with Crippen molar-refractivity contribution in [3.05, 3.63) is 118 Å². The van der Waals surface area contributed by atoms with E-state index in [4.69, 9.17) is 18.8 Å². The van der Waals surface area contributed by atoms with Crippen molar-refractivity contribution in [1.29, 1.82) is 0 Å². The largest absolute Gasteiger partial charge is 0.634 e. The van der Waals surface area contributed by atoms with Crippen LogP contribution in [0.2, 0.25) is 0 Å². The summed E-state index contributed by atoms with van der Waals surface area (Å²) < 4.78 is 22.4. The number of methoxy groups -OCH3 is 2. The number of hydrogen-bond donors (Lipinski definition) is 6. The van der Waals surface area contributed by atoms with E-state index in [2.05, 4.69) is 0 Å². The number of rotatable bonds is 14. The zero-order valence-corrected chi connectivity index (χ0v) is 28.6. The highest BCUT2D eigenvalue weighted by Crippen LogP contribution is 2.59. The molecule has 0 aromatic heterocycles. The van der Waals surface area contributed by atoms with Gasteiger partial charge in [0.15, 0.2) is 0 Å². The summed E-state index contributed by atoms with van der Waals surface area (Å²) in [5.41, 5.74) is 3.43. The van der Waals surface area contributed by atoms with Gasteiger partial charge in [0.25, 0.3) is 0 Å². The van der Waals surface area contributed by atoms with E-state index < -0.39 is 43.1 Å². The third kappa shape index (κ3) is 6.63. The first-order valence-corrected chi connectivity index (χ1v) is 16.1. The van der Waals surface area contributed by atoms with Gasteiger partial charge in [0.1, 0.15) is 11.5 Å². The van der Waals surface area contributed by atoms with Gasteiger partial charge >= 0.3 is 14.6 Å². The van der Waals surface area contributed by atoms with E-state index >= 15 is 0 Å². The van der Waals surface area contributed by atoms with Gasteiger partial charge in [0, 0.05) is 10.8 Å². The molecule has 0 bridgehead atoms. The SMILES string of the molecule is COc1ccc(C2(c3ccc(OC)cc3)c3cc(C(OB(O)O)C(C)(C)CO)ccc3-c3c(C(OB(O)O)C(C)(C)CO)cccc32)cc1. The van der Waals surface area contributed by atoms with Crippen LogP contribution in [0.3, 0.4) is 0 Å². The summed E-state index contributed by atoms with van der Waals surface area (Å²) in [6.07, 6.45) is -1.87. The van der Waals surface area contributed by atoms with Crippen molar-refractivity contribution in [3.8, 4) is 22.6 Å². The fraction of sp³-hybridized carbons (Fsp3) is 0.351. The third-order valence-corrected chi connectivity index (χ3v) is 9.60. The molecular formula is C37H44B2O10. The maximum Gasteiger partial charge on any atom is 0.634 e. The molecule has 0 radical (unpaired) electrons. The average Bonchev–Trinajstić information content (AvgIpc) is 3.40. The first-order valence-electron chi connectivity index (χ1n) is 16.1. The number of ether oxygens (including phenoxy) is 2. The minimum Gasteiger partial charge on any atom is -0.497 e. The van der Waals surface area contributed by atoms with Gasteiger partial charge in [-0.1, -0.05) is 88.4 Å². The molecule has 0 amide bonds. The second kappa shape index (κ2) is 14.3. The molecule has 1 aliphatic rings. The van der Waals surface area contributed by atoms with Crippen LogP contribution in [0.25, 0.3) is 11.1 Å². The Hall–Kier alpha value is -3.71. The lowest BCUT2D eigenvalue weighted by Gasteiger charge is -2.37. The highest BCUT2D eigenvalue weighted by Gasteiger charge is 2.49. The lowest BCUT2D eigenvalue weighted by molar-refractivity contribution is -0.00493. The number of aliphatic hydroxyl groups is 2. The maximum atomic E-state index is 10.5. The first-order chi connectivity index (χ1) is 23.2. The van der Waals surface area contributed by atoms with E-state index in [-0.39, 0.29) is 13.2 Å². The molecule has 0 spiro atoms. The van der Waals surface area contributed by atoms with Crippen LogP contribution in [-0.2, 0) is 14.7 Å². The van der Waals surface area contributed by atoms with E-state index in [1.54, 1.807) is 41.9 Å². The van der Waals surface area contributed by atoms with Gasteiger partial charge < -0.3 is 49.1 Å². The molecule has 0 heterocycles. The van der Waals surface area contributed by atoms with Crippen molar-refractivity contribution in [2.24, 2.45) is 10.8 Å². The number of aliphatic hydroxyl groups excluding tert-OH is 2. The molecule has 4 aromatic carbocycles. The van der Waals surface area contributed by atoms with Gasteiger partial charge in [0.05, 0.1) is 45.1 Å². The van der Waals surface area contributed by atoms with Crippen LogP contribution in [-0.4, -0.2) is 72.4 Å². The van der Waals surface area contributed by atoms with Gasteiger partial charge in [0.2, 0.25) is 0 Å². The predicted octanol–water partition coefficient (Wildman–Crippen LogP) is 4.16. The molecular weight excluding hydrogens is 626 g/mol. The van der Waals surface area contributed by atoms with Crippen molar-refractivity contribution >= 4 is 14.6 Å². The van der Waals surface area contributed by atoms with Crippen LogP contribution in [0.15, 0.2) is 84.9 Å². The summed E-state index contributed by atoms with van der Waals surface area (Å²) in [5, 5.41) is 60.9. The van der Waals surface area contributed by atoms with Crippen LogP contribution < -0.4 is 9.47 Å². The Labute approximate surface area is 287 Å². The zero-order chi connectivity index (χ0) is 35.7. The van der Waals surface area contributed by atoms with Crippen LogP contribution in [0.1, 0.15) is 73.3 Å². The molecule has 12 heteroatoms. The van der Waals surface area contributed by atoms with E-state index in [0.29, 0.717) is 22.6 Å². The molecule has 49 heavy (non-hydrogen) atoms. The molecule has 10 nitrogen and oxygen atoms in total. The average molecular weight is 670 g/mol. The normalized spacial score (nSPS) is 14.9. The summed E-state index contributed by atoms with van der Waals surface area (Å²) in [7, 11) is -0.996. The van der Waals surface area contributed by atoms with Crippen LogP contribution >= 0.6 is 0 Å². The van der Waals surface area contributed by atoms with Gasteiger partial charge in [-0.15, -0.1) is 0 Å². The fourth-order valence-electron chi connectivity index (χ4n) is 7.07. The van der Waals surface area contributed by atoms with E-state index in [9.17, 15) is 30.3 Å². The number of hydrogen-bond acceptors (Lipinski definition) is 10. The minimum absolute atomic E-state index is 0.299. The molecule has 5 rings (SSSR count). The van der Waals surface area contributed by atoms with Crippen molar-refractivity contribution in [2.75, 3.05) is 27.4 Å². The number of fused-ring (bicyclic) bond motifs is 3. The van der Waals surface area contributed by atoms with E-state index in [0.717, 1.165) is 33.4 Å². The smallest absolute Gasteiger partial charge is 0.497 e. The molecule has 0 aliphatic heterocycles. The fourth-order valence-corrected chi connectivity index (χ4v) is 7.07. The molecule has 2 unspecified atom stereocenters. The van der Waals surface area contributed by atoms with Gasteiger partial charge in [-0.2, -0.15) is 0 Å². The van der Waals surface area contributed by atoms with E-state index in [1.807, 2.05) is 84.9 Å². The minimum atomic E-state index is -2.11. The Bertz CT molecular complexity index is 1690. The summed E-state index contributed by atoms with van der Waals surface area (Å²) in [6.45, 7) is 6.53. The van der Waals surface area contributed by atoms with Crippen LogP contribution in [0.4, 0.5) is 0 Å². The van der Waals surface area contributed by atoms with Crippen molar-refractivity contribution in [2.45, 2.75) is 45.3 Å². The highest BCUT2D eigenvalue weighted by atomic mass is 16.6. The molecule has 0 fully saturated rings. The van der Waals surface area contributed by atoms with Gasteiger partial charge in [-0.3, -0.25) is 0 Å². The topological polar surface area (TPSA) is 158 Å². The maximum absolute atomic E-state index is 10.5. The summed E-state index contributed by atoms with van der Waals surface area (Å²) >= 11 is 0.